The number of likely N-dealkylation sites (N-methyl/N-ethyl adjacent to an activating group) is 1. The molecule has 3 rings (SSSR count). The van der Waals surface area contributed by atoms with Crippen LogP contribution in [0.5, 0.6) is 0 Å². The molecule has 0 spiro atoms. The largest absolute Gasteiger partial charge is 0.394 e. The topological polar surface area (TPSA) is 87.3 Å². The molecule has 0 unspecified atom stereocenters. The van der Waals surface area contributed by atoms with E-state index in [1.165, 1.54) is 5.57 Å². The SMILES string of the molecule is CCCC[C@](C)(CO)Nc1cc(N)nc2cc(C3=CCN(C)CC3)cnc12. The predicted octanol–water partition coefficient (Wildman–Crippen LogP) is 3.28. The molecule has 0 bridgehead atoms. The molecule has 2 aromatic rings. The Kier molecular flexibility index (Phi) is 5.97. The molecule has 0 fully saturated rings. The van der Waals surface area contributed by atoms with Gasteiger partial charge < -0.3 is 21.1 Å². The monoisotopic (exact) mass is 369 g/mol. The third-order valence-electron chi connectivity index (χ3n) is 5.32. The van der Waals surface area contributed by atoms with E-state index >= 15 is 0 Å². The first kappa shape index (κ1) is 19.6. The van der Waals surface area contributed by atoms with Crippen molar-refractivity contribution in [2.45, 2.75) is 45.1 Å². The number of nitrogens with two attached hydrogens (primary N) is 1. The van der Waals surface area contributed by atoms with Crippen molar-refractivity contribution in [3.05, 3.63) is 30.0 Å². The van der Waals surface area contributed by atoms with Gasteiger partial charge in [0.1, 0.15) is 11.3 Å². The number of hydrogen-bond donors (Lipinski definition) is 3. The highest BCUT2D eigenvalue weighted by Crippen LogP contribution is 2.30. The summed E-state index contributed by atoms with van der Waals surface area (Å²) in [6.45, 7) is 6.24. The van der Waals surface area contributed by atoms with Crippen LogP contribution in [0.1, 0.15) is 45.1 Å². The number of aromatic nitrogens is 2. The van der Waals surface area contributed by atoms with Gasteiger partial charge in [-0.25, -0.2) is 4.98 Å². The van der Waals surface area contributed by atoms with E-state index in [2.05, 4.69) is 41.3 Å². The lowest BCUT2D eigenvalue weighted by molar-refractivity contribution is 0.212. The van der Waals surface area contributed by atoms with Gasteiger partial charge in [0.2, 0.25) is 0 Å². The van der Waals surface area contributed by atoms with E-state index in [0.29, 0.717) is 5.82 Å². The number of unbranched alkanes of at least 4 members (excludes halogenated alkanes) is 1. The zero-order chi connectivity index (χ0) is 19.4. The summed E-state index contributed by atoms with van der Waals surface area (Å²) in [5, 5.41) is 13.4. The Morgan fingerprint density at radius 1 is 1.37 bits per heavy atom. The molecule has 0 saturated heterocycles. The van der Waals surface area contributed by atoms with Gasteiger partial charge in [0.15, 0.2) is 0 Å². The molecule has 4 N–H and O–H groups in total. The van der Waals surface area contributed by atoms with Crippen LogP contribution in [0.25, 0.3) is 16.6 Å². The number of anilines is 2. The summed E-state index contributed by atoms with van der Waals surface area (Å²) < 4.78 is 0. The Morgan fingerprint density at radius 3 is 2.85 bits per heavy atom. The number of fused-ring (bicyclic) bond motifs is 1. The maximum atomic E-state index is 9.91. The highest BCUT2D eigenvalue weighted by atomic mass is 16.3. The Labute approximate surface area is 161 Å². The van der Waals surface area contributed by atoms with E-state index < -0.39 is 5.54 Å². The fourth-order valence-corrected chi connectivity index (χ4v) is 3.51. The average molecular weight is 370 g/mol. The molecular weight excluding hydrogens is 338 g/mol. The molecule has 1 aliphatic heterocycles. The standard InChI is InChI=1S/C21H31N5O/c1-4-5-8-21(2,14-27)25-18-12-19(22)24-17-11-16(13-23-20(17)18)15-6-9-26(3)10-7-15/h6,11-13,27H,4-5,7-10,14H2,1-3H3,(H3,22,24,25)/t21-/m1/s1. The normalized spacial score (nSPS) is 17.6. The summed E-state index contributed by atoms with van der Waals surface area (Å²) in [7, 11) is 2.13. The van der Waals surface area contributed by atoms with Crippen LogP contribution in [0.2, 0.25) is 0 Å². The minimum absolute atomic E-state index is 0.0508. The fraction of sp³-hybridized carbons (Fsp3) is 0.524. The van der Waals surface area contributed by atoms with Crippen molar-refractivity contribution in [3.8, 4) is 0 Å². The number of nitrogen functional groups attached to an aromatic ring is 1. The summed E-state index contributed by atoms with van der Waals surface area (Å²) >= 11 is 0. The molecule has 2 aromatic heterocycles. The number of rotatable bonds is 7. The van der Waals surface area contributed by atoms with Crippen LogP contribution >= 0.6 is 0 Å². The van der Waals surface area contributed by atoms with Gasteiger partial charge in [0, 0.05) is 25.4 Å². The van der Waals surface area contributed by atoms with Gasteiger partial charge in [-0.05, 0) is 44.0 Å². The van der Waals surface area contributed by atoms with Crippen LogP contribution in [0.3, 0.4) is 0 Å². The quantitative estimate of drug-likeness (QED) is 0.694. The number of aliphatic hydroxyl groups excluding tert-OH is 1. The van der Waals surface area contributed by atoms with Crippen molar-refractivity contribution >= 4 is 28.1 Å². The van der Waals surface area contributed by atoms with E-state index in [9.17, 15) is 5.11 Å². The Hall–Kier alpha value is -2.18. The van der Waals surface area contributed by atoms with Crippen molar-refractivity contribution < 1.29 is 5.11 Å². The first-order valence-electron chi connectivity index (χ1n) is 9.77. The molecular formula is C21H31N5O. The second-order valence-corrected chi connectivity index (χ2v) is 7.88. The number of pyridine rings is 2. The molecule has 0 radical (unpaired) electrons. The van der Waals surface area contributed by atoms with Crippen molar-refractivity contribution in [1.29, 1.82) is 0 Å². The van der Waals surface area contributed by atoms with Crippen LogP contribution in [-0.2, 0) is 0 Å². The summed E-state index contributed by atoms with van der Waals surface area (Å²) in [6.07, 6.45) is 8.19. The Balaban J connectivity index is 1.95. The maximum absolute atomic E-state index is 9.91. The fourth-order valence-electron chi connectivity index (χ4n) is 3.51. The molecule has 0 aromatic carbocycles. The third-order valence-corrected chi connectivity index (χ3v) is 5.32. The number of aliphatic hydroxyl groups is 1. The maximum Gasteiger partial charge on any atom is 0.126 e. The van der Waals surface area contributed by atoms with Crippen LogP contribution in [-0.4, -0.2) is 52.3 Å². The minimum atomic E-state index is -0.409. The van der Waals surface area contributed by atoms with Gasteiger partial charge in [-0.15, -0.1) is 0 Å². The van der Waals surface area contributed by atoms with Gasteiger partial charge in [-0.1, -0.05) is 25.8 Å². The summed E-state index contributed by atoms with van der Waals surface area (Å²) in [5.74, 6) is 0.456. The molecule has 0 amide bonds. The first-order chi connectivity index (χ1) is 12.9. The van der Waals surface area contributed by atoms with Crippen molar-refractivity contribution in [2.24, 2.45) is 0 Å². The number of nitrogens with one attached hydrogen (secondary N) is 1. The Morgan fingerprint density at radius 2 is 2.19 bits per heavy atom. The van der Waals surface area contributed by atoms with E-state index in [1.807, 2.05) is 19.2 Å². The van der Waals surface area contributed by atoms with Gasteiger partial charge in [0.05, 0.1) is 23.3 Å². The predicted molar refractivity (Wildman–Crippen MR) is 113 cm³/mol. The lowest BCUT2D eigenvalue weighted by Gasteiger charge is -2.30. The van der Waals surface area contributed by atoms with Gasteiger partial charge in [-0.3, -0.25) is 4.98 Å². The van der Waals surface area contributed by atoms with Crippen LogP contribution in [0, 0.1) is 0 Å². The number of hydrogen-bond acceptors (Lipinski definition) is 6. The van der Waals surface area contributed by atoms with Gasteiger partial charge in [-0.2, -0.15) is 0 Å². The molecule has 6 nitrogen and oxygen atoms in total. The van der Waals surface area contributed by atoms with Crippen LogP contribution < -0.4 is 11.1 Å². The molecule has 27 heavy (non-hydrogen) atoms. The third kappa shape index (κ3) is 4.57. The van der Waals surface area contributed by atoms with Crippen LogP contribution in [0.15, 0.2) is 24.4 Å². The highest BCUT2D eigenvalue weighted by molar-refractivity contribution is 5.91. The van der Waals surface area contributed by atoms with Gasteiger partial charge >= 0.3 is 0 Å². The summed E-state index contributed by atoms with van der Waals surface area (Å²) in [4.78, 5) is 11.5. The zero-order valence-corrected chi connectivity index (χ0v) is 16.6. The second-order valence-electron chi connectivity index (χ2n) is 7.88. The minimum Gasteiger partial charge on any atom is -0.394 e. The second kappa shape index (κ2) is 8.23. The first-order valence-corrected chi connectivity index (χ1v) is 9.77. The van der Waals surface area contributed by atoms with E-state index in [1.54, 1.807) is 0 Å². The van der Waals surface area contributed by atoms with Gasteiger partial charge in [0.25, 0.3) is 0 Å². The van der Waals surface area contributed by atoms with Crippen molar-refractivity contribution in [2.75, 3.05) is 37.8 Å². The van der Waals surface area contributed by atoms with Crippen molar-refractivity contribution in [1.82, 2.24) is 14.9 Å². The van der Waals surface area contributed by atoms with Crippen molar-refractivity contribution in [3.63, 3.8) is 0 Å². The molecule has 3 heterocycles. The van der Waals surface area contributed by atoms with E-state index in [-0.39, 0.29) is 6.61 Å². The summed E-state index contributed by atoms with van der Waals surface area (Å²) in [6, 6.07) is 3.88. The van der Waals surface area contributed by atoms with Crippen LogP contribution in [0.4, 0.5) is 11.5 Å². The van der Waals surface area contributed by atoms with E-state index in [0.717, 1.165) is 61.1 Å². The number of nitrogens with zero attached hydrogens (tertiary/aromatic N) is 3. The molecule has 6 heteroatoms. The zero-order valence-electron chi connectivity index (χ0n) is 16.6. The lowest BCUT2D eigenvalue weighted by atomic mass is 9.95. The lowest BCUT2D eigenvalue weighted by Crippen LogP contribution is -2.38. The average Bonchev–Trinajstić information content (AvgIpc) is 2.66. The smallest absolute Gasteiger partial charge is 0.126 e. The molecule has 1 atom stereocenters. The highest BCUT2D eigenvalue weighted by Gasteiger charge is 2.24. The Bertz CT molecular complexity index is 835. The van der Waals surface area contributed by atoms with E-state index in [4.69, 9.17) is 10.7 Å². The summed E-state index contributed by atoms with van der Waals surface area (Å²) in [5.41, 5.74) is 10.5. The molecule has 146 valence electrons. The molecule has 1 aliphatic rings. The molecule has 0 aliphatic carbocycles. The molecule has 0 saturated carbocycles.